The maximum atomic E-state index is 6.82. The third-order valence-electron chi connectivity index (χ3n) is 5.80. The fourth-order valence-electron chi connectivity index (χ4n) is 3.45. The van der Waals surface area contributed by atoms with Crippen LogP contribution in [-0.2, 0) is 13.6 Å². The van der Waals surface area contributed by atoms with E-state index in [1.54, 1.807) is 0 Å². The van der Waals surface area contributed by atoms with Crippen molar-refractivity contribution in [2.75, 3.05) is 39.3 Å². The molecule has 0 fully saturated rings. The van der Waals surface area contributed by atoms with Crippen molar-refractivity contribution in [3.05, 3.63) is 0 Å². The first kappa shape index (κ1) is 33.0. The summed E-state index contributed by atoms with van der Waals surface area (Å²) in [7, 11) is -2.98. The van der Waals surface area contributed by atoms with Crippen LogP contribution in [0.5, 0.6) is 0 Å². The van der Waals surface area contributed by atoms with Crippen LogP contribution < -0.4 is 0 Å². The van der Waals surface area contributed by atoms with E-state index < -0.39 is 8.80 Å². The molecular weight excluding hydrogens is 430 g/mol. The Hall–Kier alpha value is -0.0231. The molecule has 0 aromatic carbocycles. The van der Waals surface area contributed by atoms with Gasteiger partial charge in [0.15, 0.2) is 0 Å². The number of nitrogens with zero attached hydrogens (tertiary/aromatic N) is 3. The second-order valence-corrected chi connectivity index (χ2v) is 11.8. The van der Waals surface area contributed by atoms with Gasteiger partial charge in [-0.25, -0.2) is 0 Å². The van der Waals surface area contributed by atoms with Gasteiger partial charge in [-0.05, 0) is 38.5 Å². The van der Waals surface area contributed by atoms with E-state index in [-0.39, 0.29) is 0 Å². The van der Waals surface area contributed by atoms with Gasteiger partial charge in [-0.2, -0.15) is 15.2 Å². The lowest BCUT2D eigenvalue weighted by Gasteiger charge is -2.39. The molecule has 0 N–H and O–H groups in total. The van der Waals surface area contributed by atoms with E-state index in [0.29, 0.717) is 0 Å². The van der Waals surface area contributed by atoms with E-state index in [0.717, 1.165) is 122 Å². The van der Waals surface area contributed by atoms with E-state index in [2.05, 4.69) is 63.7 Å². The number of rotatable bonds is 25. The van der Waals surface area contributed by atoms with Crippen molar-refractivity contribution in [3.8, 4) is 0 Å². The molecule has 0 rings (SSSR count). The molecule has 0 amide bonds. The lowest BCUT2D eigenvalue weighted by molar-refractivity contribution is -0.229. The summed E-state index contributed by atoms with van der Waals surface area (Å²) < 4.78 is 20.5. The van der Waals surface area contributed by atoms with Gasteiger partial charge in [0.1, 0.15) is 0 Å². The van der Waals surface area contributed by atoms with Gasteiger partial charge < -0.3 is 0 Å². The van der Waals surface area contributed by atoms with E-state index in [1.807, 2.05) is 0 Å². The lowest BCUT2D eigenvalue weighted by Crippen LogP contribution is -2.57. The smallest absolute Gasteiger partial charge is 0.284 e. The average Bonchev–Trinajstić information content (AvgIpc) is 2.83. The highest BCUT2D eigenvalue weighted by atomic mass is 28.4. The maximum absolute atomic E-state index is 6.82. The van der Waals surface area contributed by atoms with Crippen LogP contribution in [0.3, 0.4) is 0 Å². The molecule has 0 unspecified atom stereocenters. The van der Waals surface area contributed by atoms with E-state index in [4.69, 9.17) is 13.6 Å². The molecule has 0 aliphatic carbocycles. The molecule has 0 aromatic rings. The van der Waals surface area contributed by atoms with Gasteiger partial charge in [-0.3, -0.25) is 13.6 Å². The molecule has 6 nitrogen and oxygen atoms in total. The molecule has 0 bridgehead atoms. The Bertz CT molecular complexity index is 339. The van der Waals surface area contributed by atoms with Crippen LogP contribution >= 0.6 is 0 Å². The Morgan fingerprint density at radius 2 is 0.606 bits per heavy atom. The highest BCUT2D eigenvalue weighted by Crippen LogP contribution is 2.23. The quantitative estimate of drug-likeness (QED) is 0.0979. The topological polar surface area (TPSA) is 37.4 Å². The average molecular weight is 490 g/mol. The largest absolute Gasteiger partial charge is 0.552 e. The van der Waals surface area contributed by atoms with Crippen molar-refractivity contribution < 1.29 is 13.6 Å². The first-order valence-electron chi connectivity index (χ1n) is 14.4. The Kier molecular flexibility index (Phi) is 22.4. The molecule has 33 heavy (non-hydrogen) atoms. The third kappa shape index (κ3) is 16.3. The van der Waals surface area contributed by atoms with Crippen LogP contribution in [0.1, 0.15) is 126 Å². The third-order valence-corrected chi connectivity index (χ3v) is 8.28. The minimum absolute atomic E-state index is 0.769. The molecule has 200 valence electrons. The summed E-state index contributed by atoms with van der Waals surface area (Å²) in [6.45, 7) is 21.2. The minimum Gasteiger partial charge on any atom is -0.284 e. The van der Waals surface area contributed by atoms with Crippen molar-refractivity contribution in [2.45, 2.75) is 132 Å². The van der Waals surface area contributed by atoms with Crippen LogP contribution in [0.2, 0.25) is 6.04 Å². The normalized spacial score (nSPS) is 12.5. The molecule has 0 saturated heterocycles. The van der Waals surface area contributed by atoms with Gasteiger partial charge in [0, 0.05) is 45.3 Å². The van der Waals surface area contributed by atoms with Crippen molar-refractivity contribution in [1.29, 1.82) is 0 Å². The van der Waals surface area contributed by atoms with Crippen molar-refractivity contribution >= 4 is 8.80 Å². The summed E-state index contributed by atoms with van der Waals surface area (Å²) in [5, 5.41) is 6.50. The summed E-state index contributed by atoms with van der Waals surface area (Å²) in [5.74, 6) is 0. The van der Waals surface area contributed by atoms with Crippen LogP contribution in [0.25, 0.3) is 0 Å². The summed E-state index contributed by atoms with van der Waals surface area (Å²) >= 11 is 0. The van der Waals surface area contributed by atoms with Gasteiger partial charge in [0.05, 0.1) is 0 Å². The van der Waals surface area contributed by atoms with Crippen molar-refractivity contribution in [2.24, 2.45) is 0 Å². The first-order chi connectivity index (χ1) is 16.0. The first-order valence-corrected chi connectivity index (χ1v) is 16.3. The standard InChI is InChI=1S/C26H59N3O3Si/c1-8-15-21-27(22-16-9-2)30-33(14-7,31-28(23-17-10-3)24-18-11-4)32-29(25-19-12-5)26-20-13-6/h8-26H2,1-7H3. The number of hydrogen-bond acceptors (Lipinski definition) is 6. The lowest BCUT2D eigenvalue weighted by atomic mass is 10.3. The fraction of sp³-hybridized carbons (Fsp3) is 1.00. The molecule has 0 saturated carbocycles. The fourth-order valence-corrected chi connectivity index (χ4v) is 5.67. The van der Waals surface area contributed by atoms with Crippen LogP contribution in [-0.4, -0.2) is 63.3 Å². The van der Waals surface area contributed by atoms with Gasteiger partial charge in [0.25, 0.3) is 0 Å². The zero-order valence-corrected chi connectivity index (χ0v) is 24.5. The van der Waals surface area contributed by atoms with Crippen LogP contribution in [0.15, 0.2) is 0 Å². The molecule has 0 atom stereocenters. The summed E-state index contributed by atoms with van der Waals surface area (Å²) in [6.07, 6.45) is 13.7. The molecule has 0 radical (unpaired) electrons. The zero-order valence-electron chi connectivity index (χ0n) is 23.5. The molecule has 7 heteroatoms. The number of hydroxylamine groups is 6. The Labute approximate surface area is 208 Å². The van der Waals surface area contributed by atoms with Crippen molar-refractivity contribution in [1.82, 2.24) is 15.2 Å². The molecule has 0 spiro atoms. The molecule has 0 aromatic heterocycles. The summed E-state index contributed by atoms with van der Waals surface area (Å²) in [4.78, 5) is 0. The van der Waals surface area contributed by atoms with Crippen LogP contribution in [0.4, 0.5) is 0 Å². The van der Waals surface area contributed by atoms with Gasteiger partial charge in [-0.1, -0.05) is 87.0 Å². The molecule has 0 aliphatic heterocycles. The minimum atomic E-state index is -2.98. The summed E-state index contributed by atoms with van der Waals surface area (Å²) in [6, 6.07) is 0.769. The highest BCUT2D eigenvalue weighted by Gasteiger charge is 2.47. The Morgan fingerprint density at radius 1 is 0.394 bits per heavy atom. The maximum Gasteiger partial charge on any atom is 0.552 e. The molecular formula is C26H59N3O3Si. The van der Waals surface area contributed by atoms with E-state index in [1.165, 1.54) is 0 Å². The summed E-state index contributed by atoms with van der Waals surface area (Å²) in [5.41, 5.74) is 0. The van der Waals surface area contributed by atoms with Gasteiger partial charge in [-0.15, -0.1) is 0 Å². The van der Waals surface area contributed by atoms with Gasteiger partial charge >= 0.3 is 8.80 Å². The Balaban J connectivity index is 5.79. The van der Waals surface area contributed by atoms with Gasteiger partial charge in [0.2, 0.25) is 0 Å². The Morgan fingerprint density at radius 3 is 0.758 bits per heavy atom. The highest BCUT2D eigenvalue weighted by molar-refractivity contribution is 6.60. The number of hydrogen-bond donors (Lipinski definition) is 0. The van der Waals surface area contributed by atoms with Crippen molar-refractivity contribution in [3.63, 3.8) is 0 Å². The van der Waals surface area contributed by atoms with E-state index >= 15 is 0 Å². The SMILES string of the molecule is CCCCN(CCCC)O[Si](CC)(ON(CCCC)CCCC)ON(CCCC)CCCC. The zero-order chi connectivity index (χ0) is 24.8. The molecule has 0 aliphatic rings. The van der Waals surface area contributed by atoms with Crippen LogP contribution in [0, 0.1) is 0 Å². The second-order valence-electron chi connectivity index (χ2n) is 9.22. The predicted molar refractivity (Wildman–Crippen MR) is 144 cm³/mol. The monoisotopic (exact) mass is 489 g/mol. The molecule has 0 heterocycles. The second kappa shape index (κ2) is 22.4. The number of unbranched alkanes of at least 4 members (excludes halogenated alkanes) is 6. The van der Waals surface area contributed by atoms with E-state index in [9.17, 15) is 0 Å². The predicted octanol–water partition coefficient (Wildman–Crippen LogP) is 7.45.